The van der Waals surface area contributed by atoms with Gasteiger partial charge in [-0.25, -0.2) is 4.79 Å². The molecule has 17 heavy (non-hydrogen) atoms. The SMILES string of the molecule is CCOC(=O)NC1C2C=CC(C2)C1C(=O)OC. The molecule has 0 radical (unpaired) electrons. The summed E-state index contributed by atoms with van der Waals surface area (Å²) in [6.45, 7) is 2.07. The number of hydrogen-bond donors (Lipinski definition) is 1. The van der Waals surface area contributed by atoms with E-state index in [1.165, 1.54) is 7.11 Å². The summed E-state index contributed by atoms with van der Waals surface area (Å²) in [7, 11) is 1.37. The van der Waals surface area contributed by atoms with E-state index in [1.807, 2.05) is 6.08 Å². The highest BCUT2D eigenvalue weighted by Crippen LogP contribution is 2.44. The van der Waals surface area contributed by atoms with E-state index < -0.39 is 6.09 Å². The van der Waals surface area contributed by atoms with Crippen LogP contribution in [0.1, 0.15) is 13.3 Å². The highest BCUT2D eigenvalue weighted by Gasteiger charge is 2.49. The van der Waals surface area contributed by atoms with Gasteiger partial charge in [0, 0.05) is 0 Å². The predicted molar refractivity (Wildman–Crippen MR) is 60.2 cm³/mol. The van der Waals surface area contributed by atoms with Crippen LogP contribution in [0.4, 0.5) is 4.79 Å². The Kier molecular flexibility index (Phi) is 3.36. The molecular weight excluding hydrogens is 222 g/mol. The highest BCUT2D eigenvalue weighted by molar-refractivity contribution is 5.77. The minimum Gasteiger partial charge on any atom is -0.469 e. The third kappa shape index (κ3) is 2.14. The van der Waals surface area contributed by atoms with E-state index in [0.29, 0.717) is 6.61 Å². The smallest absolute Gasteiger partial charge is 0.407 e. The highest BCUT2D eigenvalue weighted by atomic mass is 16.5. The van der Waals surface area contributed by atoms with Crippen molar-refractivity contribution in [1.29, 1.82) is 0 Å². The second-order valence-electron chi connectivity index (χ2n) is 4.39. The Labute approximate surface area is 100 Å². The maximum absolute atomic E-state index is 11.7. The summed E-state index contributed by atoms with van der Waals surface area (Å²) in [6, 6.07) is -0.198. The van der Waals surface area contributed by atoms with Crippen LogP contribution in [0.25, 0.3) is 0 Å². The molecule has 0 aromatic rings. The van der Waals surface area contributed by atoms with E-state index in [0.717, 1.165) is 6.42 Å². The van der Waals surface area contributed by atoms with E-state index in [-0.39, 0.29) is 29.8 Å². The van der Waals surface area contributed by atoms with Gasteiger partial charge in [0.05, 0.1) is 25.7 Å². The molecule has 1 saturated carbocycles. The maximum Gasteiger partial charge on any atom is 0.407 e. The third-order valence-corrected chi connectivity index (χ3v) is 3.49. The van der Waals surface area contributed by atoms with Gasteiger partial charge >= 0.3 is 12.1 Å². The lowest BCUT2D eigenvalue weighted by atomic mass is 9.89. The fourth-order valence-electron chi connectivity index (χ4n) is 2.79. The van der Waals surface area contributed by atoms with Crippen molar-refractivity contribution in [3.8, 4) is 0 Å². The quantitative estimate of drug-likeness (QED) is 0.591. The van der Waals surface area contributed by atoms with Crippen molar-refractivity contribution in [2.24, 2.45) is 17.8 Å². The van der Waals surface area contributed by atoms with Gasteiger partial charge in [0.1, 0.15) is 0 Å². The molecule has 4 atom stereocenters. The van der Waals surface area contributed by atoms with E-state index >= 15 is 0 Å². The van der Waals surface area contributed by atoms with Crippen molar-refractivity contribution in [2.75, 3.05) is 13.7 Å². The molecule has 0 saturated heterocycles. The Morgan fingerprint density at radius 3 is 2.71 bits per heavy atom. The zero-order valence-electron chi connectivity index (χ0n) is 10.0. The second kappa shape index (κ2) is 4.77. The van der Waals surface area contributed by atoms with Gasteiger partial charge in [-0.3, -0.25) is 4.79 Å². The number of hydrogen-bond acceptors (Lipinski definition) is 4. The topological polar surface area (TPSA) is 64.6 Å². The first-order chi connectivity index (χ1) is 8.17. The molecule has 5 nitrogen and oxygen atoms in total. The molecule has 2 rings (SSSR count). The van der Waals surface area contributed by atoms with Crippen molar-refractivity contribution >= 4 is 12.1 Å². The van der Waals surface area contributed by atoms with Gasteiger partial charge < -0.3 is 14.8 Å². The third-order valence-electron chi connectivity index (χ3n) is 3.49. The van der Waals surface area contributed by atoms with Gasteiger partial charge in [-0.2, -0.15) is 0 Å². The van der Waals surface area contributed by atoms with Crippen LogP contribution in [0.2, 0.25) is 0 Å². The first-order valence-electron chi connectivity index (χ1n) is 5.86. The normalized spacial score (nSPS) is 33.5. The average Bonchev–Trinajstić information content (AvgIpc) is 2.89. The van der Waals surface area contributed by atoms with Crippen LogP contribution in [0.15, 0.2) is 12.2 Å². The number of amides is 1. The number of allylic oxidation sites excluding steroid dienone is 1. The zero-order chi connectivity index (χ0) is 12.4. The van der Waals surface area contributed by atoms with Gasteiger partial charge in [-0.15, -0.1) is 0 Å². The minimum atomic E-state index is -0.465. The molecule has 1 fully saturated rings. The monoisotopic (exact) mass is 239 g/mol. The number of ether oxygens (including phenoxy) is 2. The van der Waals surface area contributed by atoms with E-state index in [9.17, 15) is 9.59 Å². The molecule has 0 aliphatic heterocycles. The summed E-state index contributed by atoms with van der Waals surface area (Å²) in [5.41, 5.74) is 0. The number of fused-ring (bicyclic) bond motifs is 2. The summed E-state index contributed by atoms with van der Waals surface area (Å²) in [5.74, 6) is -0.143. The van der Waals surface area contributed by atoms with E-state index in [2.05, 4.69) is 11.4 Å². The van der Waals surface area contributed by atoms with Crippen molar-refractivity contribution < 1.29 is 19.1 Å². The number of alkyl carbamates (subject to hydrolysis) is 1. The van der Waals surface area contributed by atoms with Crippen molar-refractivity contribution in [3.05, 3.63) is 12.2 Å². The Morgan fingerprint density at radius 1 is 1.35 bits per heavy atom. The Bertz CT molecular complexity index is 352. The summed E-state index contributed by atoms with van der Waals surface area (Å²) in [4.78, 5) is 23.1. The number of carbonyl (C=O) groups is 2. The molecule has 5 heteroatoms. The van der Waals surface area contributed by atoms with Crippen LogP contribution >= 0.6 is 0 Å². The van der Waals surface area contributed by atoms with Crippen LogP contribution in [0.5, 0.6) is 0 Å². The Morgan fingerprint density at radius 2 is 2.06 bits per heavy atom. The first-order valence-corrected chi connectivity index (χ1v) is 5.86. The molecule has 0 aromatic heterocycles. The molecule has 2 aliphatic carbocycles. The van der Waals surface area contributed by atoms with Gasteiger partial charge in [0.25, 0.3) is 0 Å². The van der Waals surface area contributed by atoms with E-state index in [4.69, 9.17) is 9.47 Å². The Balaban J connectivity index is 2.06. The lowest BCUT2D eigenvalue weighted by molar-refractivity contribution is -0.147. The number of nitrogens with one attached hydrogen (secondary N) is 1. The van der Waals surface area contributed by atoms with Crippen molar-refractivity contribution in [2.45, 2.75) is 19.4 Å². The molecule has 94 valence electrons. The van der Waals surface area contributed by atoms with Gasteiger partial charge in [-0.1, -0.05) is 12.2 Å². The van der Waals surface area contributed by atoms with Gasteiger partial charge in [-0.05, 0) is 25.2 Å². The molecule has 2 aliphatic rings. The first kappa shape index (κ1) is 12.0. The van der Waals surface area contributed by atoms with Crippen molar-refractivity contribution in [1.82, 2.24) is 5.32 Å². The summed E-state index contributed by atoms with van der Waals surface area (Å²) >= 11 is 0. The molecule has 2 bridgehead atoms. The molecule has 1 N–H and O–H groups in total. The van der Waals surface area contributed by atoms with Crippen LogP contribution < -0.4 is 5.32 Å². The molecule has 0 spiro atoms. The van der Waals surface area contributed by atoms with Crippen molar-refractivity contribution in [3.63, 3.8) is 0 Å². The fourth-order valence-corrected chi connectivity index (χ4v) is 2.79. The van der Waals surface area contributed by atoms with Gasteiger partial charge in [0.2, 0.25) is 0 Å². The minimum absolute atomic E-state index is 0.180. The van der Waals surface area contributed by atoms with Crippen LogP contribution in [-0.4, -0.2) is 31.8 Å². The molecule has 1 amide bonds. The van der Waals surface area contributed by atoms with Gasteiger partial charge in [0.15, 0.2) is 0 Å². The number of carbonyl (C=O) groups excluding carboxylic acids is 2. The van der Waals surface area contributed by atoms with Crippen LogP contribution in [0, 0.1) is 17.8 Å². The standard InChI is InChI=1S/C12H17NO4/c1-3-17-12(15)13-10-8-5-4-7(6-8)9(10)11(14)16-2/h4-5,7-10H,3,6H2,1-2H3,(H,13,15). The lowest BCUT2D eigenvalue weighted by Gasteiger charge is -2.26. The molecule has 0 heterocycles. The number of methoxy groups -OCH3 is 1. The molecule has 0 aromatic carbocycles. The number of esters is 1. The fraction of sp³-hybridized carbons (Fsp3) is 0.667. The lowest BCUT2D eigenvalue weighted by Crippen LogP contribution is -2.46. The predicted octanol–water partition coefficient (Wildman–Crippen LogP) is 1.10. The number of rotatable bonds is 3. The van der Waals surface area contributed by atoms with Crippen LogP contribution in [-0.2, 0) is 14.3 Å². The maximum atomic E-state index is 11.7. The summed E-state index contributed by atoms with van der Waals surface area (Å²) in [5, 5.41) is 2.76. The van der Waals surface area contributed by atoms with E-state index in [1.54, 1.807) is 6.92 Å². The van der Waals surface area contributed by atoms with Crippen LogP contribution in [0.3, 0.4) is 0 Å². The molecular formula is C12H17NO4. The second-order valence-corrected chi connectivity index (χ2v) is 4.39. The summed E-state index contributed by atoms with van der Waals surface area (Å²) < 4.78 is 9.64. The largest absolute Gasteiger partial charge is 0.469 e. The average molecular weight is 239 g/mol. The zero-order valence-corrected chi connectivity index (χ0v) is 10.0. The Hall–Kier alpha value is -1.52. The summed E-state index contributed by atoms with van der Waals surface area (Å²) in [6.07, 6.45) is 4.53. The molecule has 4 unspecified atom stereocenters.